The largest absolute Gasteiger partial charge is 0.462 e. The summed E-state index contributed by atoms with van der Waals surface area (Å²) < 4.78 is 20.6. The van der Waals surface area contributed by atoms with Gasteiger partial charge in [-0.05, 0) is 12.1 Å². The van der Waals surface area contributed by atoms with E-state index in [-0.39, 0.29) is 24.3 Å². The van der Waals surface area contributed by atoms with Crippen LogP contribution in [0.2, 0.25) is 0 Å². The highest BCUT2D eigenvalue weighted by molar-refractivity contribution is 6.05. The third kappa shape index (κ3) is 9.64. The van der Waals surface area contributed by atoms with Gasteiger partial charge < -0.3 is 29.4 Å². The number of hydrogen-bond acceptors (Lipinski definition) is 10. The van der Waals surface area contributed by atoms with E-state index in [1.807, 2.05) is 0 Å². The summed E-state index contributed by atoms with van der Waals surface area (Å²) in [5, 5.41) is 11.3. The van der Waals surface area contributed by atoms with Crippen LogP contribution in [-0.4, -0.2) is 74.5 Å². The number of carbonyl (C=O) groups is 5. The van der Waals surface area contributed by atoms with E-state index in [1.54, 1.807) is 0 Å². The highest BCUT2D eigenvalue weighted by atomic mass is 16.6. The number of ether oxygens (including phenoxy) is 4. The number of carbonyl (C=O) groups excluding carboxylic acids is 5. The zero-order valence-corrected chi connectivity index (χ0v) is 19.0. The van der Waals surface area contributed by atoms with E-state index < -0.39 is 61.6 Å². The first-order valence-electron chi connectivity index (χ1n) is 10.2. The number of nitrogens with one attached hydrogen (secondary N) is 1. The second kappa shape index (κ2) is 14.8. The number of benzene rings is 1. The van der Waals surface area contributed by atoms with Crippen LogP contribution < -0.4 is 5.32 Å². The lowest BCUT2D eigenvalue weighted by molar-refractivity contribution is -0.159. The van der Waals surface area contributed by atoms with Gasteiger partial charge in [0.15, 0.2) is 0 Å². The van der Waals surface area contributed by atoms with E-state index in [4.69, 9.17) is 24.1 Å². The van der Waals surface area contributed by atoms with Crippen LogP contribution >= 0.6 is 0 Å². The highest BCUT2D eigenvalue weighted by Gasteiger charge is 2.38. The summed E-state index contributed by atoms with van der Waals surface area (Å²) in [5.41, 5.74) is -1.61. The van der Waals surface area contributed by atoms with E-state index in [2.05, 4.69) is 25.1 Å². The Morgan fingerprint density at radius 2 is 1.20 bits per heavy atom. The molecule has 0 radical (unpaired) electrons. The fourth-order valence-corrected chi connectivity index (χ4v) is 2.52. The normalized spacial score (nSPS) is 10.3. The zero-order valence-electron chi connectivity index (χ0n) is 19.0. The lowest BCUT2D eigenvalue weighted by Gasteiger charge is -2.31. The first-order chi connectivity index (χ1) is 16.7. The van der Waals surface area contributed by atoms with E-state index >= 15 is 0 Å². The van der Waals surface area contributed by atoms with E-state index in [1.165, 1.54) is 24.3 Å². The maximum atomic E-state index is 12.8. The van der Waals surface area contributed by atoms with Crippen molar-refractivity contribution in [2.75, 3.05) is 39.6 Å². The van der Waals surface area contributed by atoms with Crippen molar-refractivity contribution in [2.45, 2.75) is 0 Å². The predicted octanol–water partition coefficient (Wildman–Crippen LogP) is 0.739. The molecule has 1 amide bonds. The maximum Gasteiger partial charge on any atom is 0.338 e. The number of aliphatic hydroxyl groups excluding tert-OH is 1. The fraction of sp³-hybridized carbons (Fsp3) is 0.292. The first kappa shape index (κ1) is 28.8. The van der Waals surface area contributed by atoms with Crippen LogP contribution in [-0.2, 0) is 33.3 Å². The molecule has 0 atom stereocenters. The number of hydrogen-bond donors (Lipinski definition) is 2. The second-order valence-electron chi connectivity index (χ2n) is 7.04. The zero-order chi connectivity index (χ0) is 26.3. The van der Waals surface area contributed by atoms with Crippen molar-refractivity contribution in [3.63, 3.8) is 0 Å². The van der Waals surface area contributed by atoms with Crippen molar-refractivity contribution < 1.29 is 48.0 Å². The molecule has 35 heavy (non-hydrogen) atoms. The molecular formula is C24H27NO10. The van der Waals surface area contributed by atoms with Gasteiger partial charge in [0.05, 0.1) is 17.7 Å². The molecule has 0 bridgehead atoms. The number of rotatable bonds is 15. The van der Waals surface area contributed by atoms with Crippen LogP contribution in [0.4, 0.5) is 0 Å². The molecule has 0 aliphatic rings. The van der Waals surface area contributed by atoms with Gasteiger partial charge in [-0.25, -0.2) is 19.2 Å². The molecule has 11 heteroatoms. The molecule has 0 aliphatic carbocycles. The summed E-state index contributed by atoms with van der Waals surface area (Å²) in [4.78, 5) is 60.1. The van der Waals surface area contributed by atoms with Crippen molar-refractivity contribution in [3.05, 3.63) is 73.4 Å². The lowest BCUT2D eigenvalue weighted by atomic mass is 9.92. The molecule has 2 N–H and O–H groups in total. The van der Waals surface area contributed by atoms with Crippen LogP contribution in [0.15, 0.2) is 62.2 Å². The molecule has 0 fully saturated rings. The van der Waals surface area contributed by atoms with Gasteiger partial charge in [-0.3, -0.25) is 4.79 Å². The monoisotopic (exact) mass is 489 g/mol. The Morgan fingerprint density at radius 3 is 1.63 bits per heavy atom. The highest BCUT2D eigenvalue weighted by Crippen LogP contribution is 2.23. The van der Waals surface area contributed by atoms with Crippen LogP contribution in [0.1, 0.15) is 20.7 Å². The molecule has 0 saturated heterocycles. The van der Waals surface area contributed by atoms with E-state index in [0.29, 0.717) is 0 Å². The summed E-state index contributed by atoms with van der Waals surface area (Å²) in [6.45, 7) is 7.54. The quantitative estimate of drug-likeness (QED) is 0.205. The minimum Gasteiger partial charge on any atom is -0.462 e. The predicted molar refractivity (Wildman–Crippen MR) is 122 cm³/mol. The molecule has 0 spiro atoms. The molecule has 11 nitrogen and oxygen atoms in total. The van der Waals surface area contributed by atoms with Crippen LogP contribution in [0.5, 0.6) is 0 Å². The van der Waals surface area contributed by atoms with Crippen molar-refractivity contribution in [1.29, 1.82) is 0 Å². The fourth-order valence-electron chi connectivity index (χ4n) is 2.52. The molecule has 0 aliphatic heterocycles. The van der Waals surface area contributed by atoms with Crippen LogP contribution in [0.25, 0.3) is 0 Å². The van der Waals surface area contributed by atoms with Crippen molar-refractivity contribution in [3.8, 4) is 0 Å². The average molecular weight is 489 g/mol. The number of amides is 1. The first-order valence-corrected chi connectivity index (χ1v) is 10.2. The Balaban J connectivity index is 3.20. The van der Waals surface area contributed by atoms with E-state index in [0.717, 1.165) is 18.2 Å². The summed E-state index contributed by atoms with van der Waals surface area (Å²) >= 11 is 0. The summed E-state index contributed by atoms with van der Waals surface area (Å²) in [7, 11) is 0. The molecule has 0 unspecified atom stereocenters. The van der Waals surface area contributed by atoms with Gasteiger partial charge in [0, 0.05) is 24.8 Å². The molecular weight excluding hydrogens is 462 g/mol. The summed E-state index contributed by atoms with van der Waals surface area (Å²) in [5.74, 6) is -4.01. The minimum atomic E-state index is -1.51. The van der Waals surface area contributed by atoms with Gasteiger partial charge in [-0.15, -0.1) is 0 Å². The van der Waals surface area contributed by atoms with Gasteiger partial charge in [-0.2, -0.15) is 0 Å². The minimum absolute atomic E-state index is 0.00851. The van der Waals surface area contributed by atoms with Crippen molar-refractivity contribution in [2.24, 2.45) is 5.41 Å². The van der Waals surface area contributed by atoms with Crippen molar-refractivity contribution >= 4 is 29.8 Å². The second-order valence-corrected chi connectivity index (χ2v) is 7.04. The molecule has 1 rings (SSSR count). The Hall–Kier alpha value is -4.25. The van der Waals surface area contributed by atoms with Gasteiger partial charge in [0.2, 0.25) is 0 Å². The summed E-state index contributed by atoms with van der Waals surface area (Å²) in [6, 6.07) is 5.79. The Morgan fingerprint density at radius 1 is 0.771 bits per heavy atom. The van der Waals surface area contributed by atoms with Gasteiger partial charge >= 0.3 is 23.9 Å². The third-order valence-electron chi connectivity index (χ3n) is 4.36. The van der Waals surface area contributed by atoms with E-state index in [9.17, 15) is 24.0 Å². The Bertz CT molecular complexity index is 909. The average Bonchev–Trinajstić information content (AvgIpc) is 2.89. The SMILES string of the molecule is C=CC(=O)OCC(COC(=O)C=C)(COC(=O)C=C)COC(=O)c1ccccc1C(=O)NCCO. The van der Waals surface area contributed by atoms with Crippen LogP contribution in [0.3, 0.4) is 0 Å². The molecule has 188 valence electrons. The topological polar surface area (TPSA) is 155 Å². The molecule has 0 saturated carbocycles. The Kier molecular flexibility index (Phi) is 12.2. The van der Waals surface area contributed by atoms with Gasteiger partial charge in [-0.1, -0.05) is 31.9 Å². The molecule has 1 aromatic carbocycles. The van der Waals surface area contributed by atoms with Gasteiger partial charge in [0.25, 0.3) is 5.91 Å². The summed E-state index contributed by atoms with van der Waals surface area (Å²) in [6.07, 6.45) is 2.68. The third-order valence-corrected chi connectivity index (χ3v) is 4.36. The maximum absolute atomic E-state index is 12.8. The smallest absolute Gasteiger partial charge is 0.338 e. The molecule has 0 heterocycles. The van der Waals surface area contributed by atoms with Crippen LogP contribution in [0, 0.1) is 5.41 Å². The standard InChI is InChI=1S/C24H27NO10/c1-4-19(27)32-13-24(14-33-20(28)5-2,15-34-21(29)6-3)16-35-23(31)18-10-8-7-9-17(18)22(30)25-11-12-26/h4-10,26H,1-3,11-16H2,(H,25,30). The number of aliphatic hydroxyl groups is 1. The number of esters is 4. The molecule has 0 aromatic heterocycles. The Labute approximate surface area is 202 Å². The molecule has 1 aromatic rings. The van der Waals surface area contributed by atoms with Gasteiger partial charge in [0.1, 0.15) is 31.8 Å². The lowest BCUT2D eigenvalue weighted by Crippen LogP contribution is -2.43. The van der Waals surface area contributed by atoms with Crippen molar-refractivity contribution in [1.82, 2.24) is 5.32 Å².